The van der Waals surface area contributed by atoms with Crippen LogP contribution in [-0.4, -0.2) is 36.1 Å². The van der Waals surface area contributed by atoms with Crippen molar-refractivity contribution in [3.8, 4) is 0 Å². The predicted octanol–water partition coefficient (Wildman–Crippen LogP) is 6.46. The highest BCUT2D eigenvalue weighted by molar-refractivity contribution is 6.33. The van der Waals surface area contributed by atoms with Crippen molar-refractivity contribution in [3.05, 3.63) is 83.0 Å². The minimum Gasteiger partial charge on any atom is -0.385 e. The van der Waals surface area contributed by atoms with E-state index in [1.54, 1.807) is 0 Å². The molecule has 1 fully saturated rings. The van der Waals surface area contributed by atoms with E-state index in [0.717, 1.165) is 42.9 Å². The number of likely N-dealkylation sites (tertiary alicyclic amines) is 1. The topological polar surface area (TPSA) is 48.3 Å². The highest BCUT2D eigenvalue weighted by Gasteiger charge is 2.31. The van der Waals surface area contributed by atoms with Crippen molar-refractivity contribution < 1.29 is 13.2 Å². The standard InChI is InChI=1S/C17H18ClF3N2.C8H8N2/c1-22-8-3-5-15(22)12-4-2-9-23(11-12)16-7-6-13(10-14(16)18)17(19,20)21;9-8-5-6-3-1-2-4-7(6)10-8/h2,4,6-7,10-11,15H,3,5,8-9H2,1H3;1-5,10H,9H2. The molecule has 0 radical (unpaired) electrons. The maximum absolute atomic E-state index is 12.8. The third kappa shape index (κ3) is 5.37. The largest absolute Gasteiger partial charge is 0.416 e. The van der Waals surface area contributed by atoms with Crippen molar-refractivity contribution in [2.45, 2.75) is 25.1 Å². The van der Waals surface area contributed by atoms with E-state index in [9.17, 15) is 13.2 Å². The predicted molar refractivity (Wildman–Crippen MR) is 129 cm³/mol. The van der Waals surface area contributed by atoms with Crippen LogP contribution in [0.15, 0.2) is 72.5 Å². The highest BCUT2D eigenvalue weighted by atomic mass is 35.5. The number of alkyl halides is 3. The van der Waals surface area contributed by atoms with E-state index < -0.39 is 11.7 Å². The summed E-state index contributed by atoms with van der Waals surface area (Å²) in [5.74, 6) is 0.723. The number of anilines is 2. The van der Waals surface area contributed by atoms with E-state index in [1.807, 2.05) is 47.5 Å². The fraction of sp³-hybridized carbons (Fsp3) is 0.280. The quantitative estimate of drug-likeness (QED) is 0.448. The van der Waals surface area contributed by atoms with Crippen LogP contribution in [0, 0.1) is 0 Å². The lowest BCUT2D eigenvalue weighted by molar-refractivity contribution is -0.137. The number of nitrogens with two attached hydrogens (primary N) is 1. The number of rotatable bonds is 2. The summed E-state index contributed by atoms with van der Waals surface area (Å²) in [4.78, 5) is 7.24. The number of para-hydroxylation sites is 1. The molecule has 0 bridgehead atoms. The van der Waals surface area contributed by atoms with Crippen molar-refractivity contribution >= 4 is 34.0 Å². The molecule has 174 valence electrons. The Kier molecular flexibility index (Phi) is 6.72. The average molecular weight is 475 g/mol. The third-order valence-electron chi connectivity index (χ3n) is 5.96. The number of benzene rings is 2. The molecule has 2 aliphatic rings. The van der Waals surface area contributed by atoms with Gasteiger partial charge in [-0.3, -0.25) is 4.90 Å². The maximum Gasteiger partial charge on any atom is 0.416 e. The number of hydrogen-bond acceptors (Lipinski definition) is 3. The molecule has 1 aromatic heterocycles. The fourth-order valence-corrected chi connectivity index (χ4v) is 4.58. The van der Waals surface area contributed by atoms with Crippen LogP contribution in [0.1, 0.15) is 18.4 Å². The molecular formula is C25H26ClF3N4. The number of aromatic amines is 1. The van der Waals surface area contributed by atoms with E-state index in [1.165, 1.54) is 17.0 Å². The van der Waals surface area contributed by atoms with E-state index >= 15 is 0 Å². The van der Waals surface area contributed by atoms with E-state index in [-0.39, 0.29) is 5.02 Å². The Bertz CT molecular complexity index is 1150. The van der Waals surface area contributed by atoms with Crippen molar-refractivity contribution in [2.24, 2.45) is 0 Å². The molecule has 2 aromatic carbocycles. The van der Waals surface area contributed by atoms with E-state index in [0.29, 0.717) is 18.3 Å². The van der Waals surface area contributed by atoms with Crippen LogP contribution in [0.5, 0.6) is 0 Å². The van der Waals surface area contributed by atoms with Gasteiger partial charge in [-0.15, -0.1) is 0 Å². The molecule has 1 unspecified atom stereocenters. The molecule has 0 spiro atoms. The minimum atomic E-state index is -4.38. The maximum atomic E-state index is 12.8. The summed E-state index contributed by atoms with van der Waals surface area (Å²) >= 11 is 6.10. The molecule has 4 nitrogen and oxygen atoms in total. The van der Waals surface area contributed by atoms with Gasteiger partial charge < -0.3 is 15.6 Å². The number of nitrogens with zero attached hydrogens (tertiary/aromatic N) is 2. The number of nitrogens with one attached hydrogen (secondary N) is 1. The Hall–Kier alpha value is -2.90. The normalized spacial score (nSPS) is 18.9. The minimum absolute atomic E-state index is 0.116. The van der Waals surface area contributed by atoms with Crippen molar-refractivity contribution in [1.82, 2.24) is 9.88 Å². The Morgan fingerprint density at radius 1 is 1.12 bits per heavy atom. The second-order valence-corrected chi connectivity index (χ2v) is 8.71. The molecule has 0 aliphatic carbocycles. The molecule has 8 heteroatoms. The Labute approximate surface area is 196 Å². The van der Waals surface area contributed by atoms with Crippen LogP contribution in [0.3, 0.4) is 0 Å². The summed E-state index contributed by atoms with van der Waals surface area (Å²) in [6.07, 6.45) is 4.00. The molecular weight excluding hydrogens is 449 g/mol. The van der Waals surface area contributed by atoms with Crippen LogP contribution >= 0.6 is 11.6 Å². The van der Waals surface area contributed by atoms with Crippen LogP contribution < -0.4 is 10.6 Å². The molecule has 33 heavy (non-hydrogen) atoms. The smallest absolute Gasteiger partial charge is 0.385 e. The van der Waals surface area contributed by atoms with Gasteiger partial charge in [0, 0.05) is 29.7 Å². The first-order chi connectivity index (χ1) is 15.7. The Morgan fingerprint density at radius 3 is 2.58 bits per heavy atom. The number of likely N-dealkylation sites (N-methyl/N-ethyl adjacent to an activating group) is 1. The lowest BCUT2D eigenvalue weighted by Crippen LogP contribution is -2.30. The Balaban J connectivity index is 0.000000214. The average Bonchev–Trinajstić information content (AvgIpc) is 3.38. The molecule has 3 heterocycles. The number of H-pyrrole nitrogens is 1. The van der Waals surface area contributed by atoms with Gasteiger partial charge in [0.05, 0.1) is 16.3 Å². The molecule has 2 aliphatic heterocycles. The number of halogens is 4. The summed E-state index contributed by atoms with van der Waals surface area (Å²) in [7, 11) is 2.09. The van der Waals surface area contributed by atoms with Crippen LogP contribution in [0.2, 0.25) is 5.02 Å². The molecule has 0 saturated carbocycles. The van der Waals surface area contributed by atoms with Crippen molar-refractivity contribution in [3.63, 3.8) is 0 Å². The zero-order chi connectivity index (χ0) is 23.6. The molecule has 3 N–H and O–H groups in total. The Morgan fingerprint density at radius 2 is 1.91 bits per heavy atom. The highest BCUT2D eigenvalue weighted by Crippen LogP contribution is 2.36. The number of nitrogen functional groups attached to an aromatic ring is 1. The van der Waals surface area contributed by atoms with Crippen LogP contribution in [0.25, 0.3) is 10.9 Å². The number of fused-ring (bicyclic) bond motifs is 1. The summed E-state index contributed by atoms with van der Waals surface area (Å²) in [5, 5.41) is 1.28. The monoisotopic (exact) mass is 474 g/mol. The van der Waals surface area contributed by atoms with Gasteiger partial charge in [-0.05, 0) is 62.3 Å². The first kappa shape index (κ1) is 23.3. The van der Waals surface area contributed by atoms with Gasteiger partial charge >= 0.3 is 6.18 Å². The summed E-state index contributed by atoms with van der Waals surface area (Å²) in [6.45, 7) is 1.67. The van der Waals surface area contributed by atoms with Gasteiger partial charge in [0.1, 0.15) is 5.82 Å². The van der Waals surface area contributed by atoms with Crippen molar-refractivity contribution in [2.75, 3.05) is 30.8 Å². The molecule has 3 aromatic rings. The van der Waals surface area contributed by atoms with E-state index in [2.05, 4.69) is 23.0 Å². The lowest BCUT2D eigenvalue weighted by Gasteiger charge is -2.29. The SMILES string of the molecule is CN1CCCC1C1=CN(c2ccc(C(F)(F)F)cc2Cl)CC=C1.Nc1cc2ccccc2[nH]1. The first-order valence-electron chi connectivity index (χ1n) is 10.8. The number of hydrogen-bond donors (Lipinski definition) is 2. The molecule has 0 amide bonds. The molecule has 1 atom stereocenters. The van der Waals surface area contributed by atoms with Crippen LogP contribution in [-0.2, 0) is 6.18 Å². The van der Waals surface area contributed by atoms with Gasteiger partial charge in [0.2, 0.25) is 0 Å². The van der Waals surface area contributed by atoms with Gasteiger partial charge in [0.15, 0.2) is 0 Å². The van der Waals surface area contributed by atoms with Gasteiger partial charge in [-0.2, -0.15) is 13.2 Å². The van der Waals surface area contributed by atoms with Gasteiger partial charge in [-0.1, -0.05) is 42.0 Å². The van der Waals surface area contributed by atoms with Gasteiger partial charge in [-0.25, -0.2) is 0 Å². The third-order valence-corrected chi connectivity index (χ3v) is 6.26. The molecule has 5 rings (SSSR count). The summed E-state index contributed by atoms with van der Waals surface area (Å²) in [5.41, 5.74) is 7.68. The second kappa shape index (κ2) is 9.53. The van der Waals surface area contributed by atoms with Crippen LogP contribution in [0.4, 0.5) is 24.7 Å². The number of aromatic nitrogens is 1. The molecule has 1 saturated heterocycles. The summed E-state index contributed by atoms with van der Waals surface area (Å²) < 4.78 is 38.3. The second-order valence-electron chi connectivity index (χ2n) is 8.30. The zero-order valence-corrected chi connectivity index (χ0v) is 19.0. The van der Waals surface area contributed by atoms with E-state index in [4.69, 9.17) is 17.3 Å². The van der Waals surface area contributed by atoms with Gasteiger partial charge in [0.25, 0.3) is 0 Å². The fourth-order valence-electron chi connectivity index (χ4n) is 4.29. The van der Waals surface area contributed by atoms with Crippen molar-refractivity contribution in [1.29, 1.82) is 0 Å². The first-order valence-corrected chi connectivity index (χ1v) is 11.2. The zero-order valence-electron chi connectivity index (χ0n) is 18.2. The lowest BCUT2D eigenvalue weighted by atomic mass is 10.0. The summed E-state index contributed by atoms with van der Waals surface area (Å²) in [6, 6.07) is 13.8.